The maximum Gasteiger partial charge on any atom is 0.164 e. The van der Waals surface area contributed by atoms with Gasteiger partial charge in [-0.25, -0.2) is 15.0 Å². The molecule has 104 heavy (non-hydrogen) atoms. The summed E-state index contributed by atoms with van der Waals surface area (Å²) >= 11 is 0. The Morgan fingerprint density at radius 2 is 0.635 bits per heavy atom. The molecule has 0 radical (unpaired) electrons. The van der Waals surface area contributed by atoms with Crippen LogP contribution in [0.25, 0.3) is 188 Å². The van der Waals surface area contributed by atoms with E-state index in [0.717, 1.165) is 99.2 Å². The van der Waals surface area contributed by atoms with Crippen molar-refractivity contribution in [2.45, 2.75) is 38.5 Å². The Bertz CT molecular complexity index is 6990. The second-order valence-electron chi connectivity index (χ2n) is 28.9. The van der Waals surface area contributed by atoms with Gasteiger partial charge in [0, 0.05) is 82.0 Å². The number of hydrogen-bond acceptors (Lipinski definition) is 6. The van der Waals surface area contributed by atoms with Crippen molar-refractivity contribution in [2.24, 2.45) is 0 Å². The van der Waals surface area contributed by atoms with Crippen molar-refractivity contribution in [1.29, 1.82) is 5.26 Å². The van der Waals surface area contributed by atoms with Crippen LogP contribution < -0.4 is 0 Å². The average molecular weight is 1330 g/mol. The molecule has 2 aliphatic carbocycles. The lowest BCUT2D eigenvalue weighted by atomic mass is 9.82. The molecule has 0 atom stereocenters. The molecule has 0 fully saturated rings. The normalized spacial score (nSPS) is 13.3. The Labute approximate surface area is 598 Å². The summed E-state index contributed by atoms with van der Waals surface area (Å²) in [5.41, 5.74) is 26.5. The topological polar surface area (TPSA) is 98.6 Å². The Kier molecular flexibility index (Phi) is 12.7. The monoisotopic (exact) mass is 1330 g/mol. The van der Waals surface area contributed by atoms with E-state index in [0.29, 0.717) is 23.0 Å². The van der Waals surface area contributed by atoms with Gasteiger partial charge < -0.3 is 18.0 Å². The SMILES string of the molecule is CC1(C)c2cc3oc4ccccc4c3cc2-c2cc3c4ccccc4n(-c4ccc(-c5ccc(C#N)cc5)cc4)c3cc21.CC1(C)c2cc3oc4ccccc4c3cc2-c2cc3c4ccccc4n(-c4ccc(-c5nc(-c6cccc7ccccc67)nc(-c6cccc7ccccc67)n5)cc4)c3cc21. The maximum atomic E-state index is 9.17. The first-order chi connectivity index (χ1) is 51.0. The van der Waals surface area contributed by atoms with E-state index in [-0.39, 0.29) is 10.8 Å². The first-order valence-corrected chi connectivity index (χ1v) is 35.5. The number of fused-ring (bicyclic) bond motifs is 20. The molecular weight excluding hydrogens is 1270 g/mol. The van der Waals surface area contributed by atoms with Crippen LogP contribution in [-0.2, 0) is 10.8 Å². The van der Waals surface area contributed by atoms with Gasteiger partial charge in [-0.3, -0.25) is 0 Å². The molecule has 0 saturated carbocycles. The summed E-state index contributed by atoms with van der Waals surface area (Å²) in [6, 6.07) is 110. The minimum atomic E-state index is -0.223. The van der Waals surface area contributed by atoms with Crippen LogP contribution in [0, 0.1) is 11.3 Å². The number of furan rings is 2. The zero-order valence-corrected chi connectivity index (χ0v) is 57.4. The van der Waals surface area contributed by atoms with Crippen LogP contribution in [0.2, 0.25) is 0 Å². The van der Waals surface area contributed by atoms with Gasteiger partial charge in [0.1, 0.15) is 22.3 Å². The Balaban J connectivity index is 0.000000143. The van der Waals surface area contributed by atoms with E-state index in [9.17, 15) is 5.26 Å². The van der Waals surface area contributed by atoms with Crippen molar-refractivity contribution >= 4 is 109 Å². The number of para-hydroxylation sites is 4. The van der Waals surface area contributed by atoms with Gasteiger partial charge in [-0.15, -0.1) is 0 Å². The number of benzene rings is 15. The first-order valence-electron chi connectivity index (χ1n) is 35.5. The van der Waals surface area contributed by atoms with E-state index < -0.39 is 0 Å². The first kappa shape index (κ1) is 59.4. The Morgan fingerprint density at radius 1 is 0.279 bits per heavy atom. The van der Waals surface area contributed by atoms with Gasteiger partial charge in [-0.05, 0) is 199 Å². The lowest BCUT2D eigenvalue weighted by molar-refractivity contribution is 0.647. The van der Waals surface area contributed by atoms with Gasteiger partial charge in [0.2, 0.25) is 0 Å². The van der Waals surface area contributed by atoms with Gasteiger partial charge in [-0.1, -0.05) is 210 Å². The smallest absolute Gasteiger partial charge is 0.164 e. The lowest BCUT2D eigenvalue weighted by Gasteiger charge is -2.21. The van der Waals surface area contributed by atoms with Crippen molar-refractivity contribution in [2.75, 3.05) is 0 Å². The third-order valence-corrected chi connectivity index (χ3v) is 22.5. The van der Waals surface area contributed by atoms with Crippen molar-refractivity contribution in [1.82, 2.24) is 24.1 Å². The van der Waals surface area contributed by atoms with E-state index in [1.807, 2.05) is 36.4 Å². The second kappa shape index (κ2) is 22.3. The summed E-state index contributed by atoms with van der Waals surface area (Å²) in [6.07, 6.45) is 0. The average Bonchev–Trinajstić information content (AvgIpc) is 1.55. The molecule has 488 valence electrons. The van der Waals surface area contributed by atoms with Gasteiger partial charge >= 0.3 is 0 Å². The van der Waals surface area contributed by atoms with Crippen LogP contribution in [-0.4, -0.2) is 24.1 Å². The van der Waals surface area contributed by atoms with Crippen LogP contribution in [0.5, 0.6) is 0 Å². The fourth-order valence-electron chi connectivity index (χ4n) is 17.3. The van der Waals surface area contributed by atoms with Crippen molar-refractivity contribution in [3.05, 3.63) is 331 Å². The van der Waals surface area contributed by atoms with Crippen LogP contribution in [0.15, 0.2) is 312 Å². The summed E-state index contributed by atoms with van der Waals surface area (Å²) in [7, 11) is 0. The summed E-state index contributed by atoms with van der Waals surface area (Å²) in [6.45, 7) is 9.34. The predicted octanol–water partition coefficient (Wildman–Crippen LogP) is 25.0. The molecule has 5 aromatic heterocycles. The van der Waals surface area contributed by atoms with Gasteiger partial charge in [-0.2, -0.15) is 5.26 Å². The third kappa shape index (κ3) is 8.87. The number of rotatable bonds is 6. The third-order valence-electron chi connectivity index (χ3n) is 22.5. The number of nitriles is 1. The highest BCUT2D eigenvalue weighted by atomic mass is 16.3. The van der Waals surface area contributed by atoms with E-state index in [4.69, 9.17) is 23.8 Å². The molecule has 0 spiro atoms. The lowest BCUT2D eigenvalue weighted by Crippen LogP contribution is -2.15. The molecule has 8 nitrogen and oxygen atoms in total. The standard InChI is InChI=1S/C56H36N4O.C40H26N2O/c1-56(2)47-31-50-45(29-43(47)44-30-46-40-20-8-10-24-51(40)61-52(46)32-48(44)56)39-19-7-9-23-49(39)60(50)36-27-25-35(26-28-36)53-57-54(41-21-11-15-33-13-3-5-17-37(33)41)59-55(58-53)42-22-12-16-34-14-4-6-18-38(34)42;1-40(2)34-21-37-32(19-30(34)31-20-33-29-8-4-6-10-38(29)43-39(33)22-35(31)40)28-7-3-5-9-36(28)42(37)27-17-15-26(16-18-27)25-13-11-24(23-41)12-14-25/h3-32H,1-2H3;3-22H,1-2H3. The minimum Gasteiger partial charge on any atom is -0.456 e. The number of hydrogen-bond donors (Lipinski definition) is 0. The predicted molar refractivity (Wildman–Crippen MR) is 426 cm³/mol. The highest BCUT2D eigenvalue weighted by molar-refractivity contribution is 6.16. The second-order valence-corrected chi connectivity index (χ2v) is 28.9. The van der Waals surface area contributed by atoms with E-state index in [1.165, 1.54) is 93.5 Å². The fraction of sp³-hybridized carbons (Fsp3) is 0.0625. The zero-order chi connectivity index (χ0) is 69.3. The molecule has 0 amide bonds. The van der Waals surface area contributed by atoms with E-state index in [2.05, 4.69) is 310 Å². The molecular formula is C96H62N6O2. The Morgan fingerprint density at radius 3 is 1.09 bits per heavy atom. The maximum absolute atomic E-state index is 9.17. The van der Waals surface area contributed by atoms with Crippen LogP contribution >= 0.6 is 0 Å². The molecule has 22 rings (SSSR count). The summed E-state index contributed by atoms with van der Waals surface area (Å²) in [5, 5.41) is 23.3. The largest absolute Gasteiger partial charge is 0.456 e. The van der Waals surface area contributed by atoms with Gasteiger partial charge in [0.05, 0.1) is 33.7 Å². The summed E-state index contributed by atoms with van der Waals surface area (Å²) in [4.78, 5) is 15.6. The molecule has 8 heteroatoms. The van der Waals surface area contributed by atoms with E-state index >= 15 is 0 Å². The van der Waals surface area contributed by atoms with E-state index in [1.54, 1.807) is 0 Å². The molecule has 0 bridgehead atoms. The molecule has 0 N–H and O–H groups in total. The highest BCUT2D eigenvalue weighted by Gasteiger charge is 2.39. The quantitative estimate of drug-likeness (QED) is 0.164. The number of aromatic nitrogens is 5. The van der Waals surface area contributed by atoms with Crippen LogP contribution in [0.3, 0.4) is 0 Å². The molecule has 20 aromatic rings. The molecule has 2 aliphatic rings. The minimum absolute atomic E-state index is 0.174. The fourth-order valence-corrected chi connectivity index (χ4v) is 17.3. The van der Waals surface area contributed by atoms with Crippen LogP contribution in [0.1, 0.15) is 55.5 Å². The summed E-state index contributed by atoms with van der Waals surface area (Å²) in [5.74, 6) is 1.93. The molecule has 15 aromatic carbocycles. The molecule has 5 heterocycles. The summed E-state index contributed by atoms with van der Waals surface area (Å²) < 4.78 is 17.5. The van der Waals surface area contributed by atoms with Gasteiger partial charge in [0.15, 0.2) is 17.5 Å². The van der Waals surface area contributed by atoms with Crippen LogP contribution in [0.4, 0.5) is 0 Å². The van der Waals surface area contributed by atoms with Crippen molar-refractivity contribution in [3.63, 3.8) is 0 Å². The van der Waals surface area contributed by atoms with Crippen molar-refractivity contribution < 1.29 is 8.83 Å². The Hall–Kier alpha value is -13.5. The van der Waals surface area contributed by atoms with Crippen molar-refractivity contribution in [3.8, 4) is 85.0 Å². The molecule has 0 unspecified atom stereocenters. The van der Waals surface area contributed by atoms with Gasteiger partial charge in [0.25, 0.3) is 0 Å². The molecule has 0 aliphatic heterocycles. The number of nitrogens with zero attached hydrogens (tertiary/aromatic N) is 6. The highest BCUT2D eigenvalue weighted by Crippen LogP contribution is 2.55. The zero-order valence-electron chi connectivity index (χ0n) is 57.4. The molecule has 0 saturated heterocycles.